The Kier molecular flexibility index (Phi) is 9.75. The molecule has 3 saturated heterocycles. The number of aromatic nitrogens is 1. The van der Waals surface area contributed by atoms with E-state index >= 15 is 0 Å². The minimum absolute atomic E-state index is 0.0390. The van der Waals surface area contributed by atoms with Crippen LogP contribution in [0.25, 0.3) is 22.2 Å². The molecule has 47 heavy (non-hydrogen) atoms. The Hall–Kier alpha value is -3.70. The number of amides is 1. The van der Waals surface area contributed by atoms with E-state index in [-0.39, 0.29) is 23.1 Å². The number of carbonyl (C=O) groups is 2. The highest BCUT2D eigenvalue weighted by atomic mass is 19.4. The Bertz CT molecular complexity index is 1630. The van der Waals surface area contributed by atoms with Gasteiger partial charge in [0, 0.05) is 48.1 Å². The molecule has 3 aromatic rings. The largest absolute Gasteiger partial charge is 0.489 e. The number of nitrogens with zero attached hydrogens (tertiary/aromatic N) is 4. The molecule has 0 radical (unpaired) electrons. The maximum absolute atomic E-state index is 13.9. The number of pyridine rings is 1. The third-order valence-electron chi connectivity index (χ3n) is 9.59. The van der Waals surface area contributed by atoms with Gasteiger partial charge in [0.25, 0.3) is 0 Å². The SMILES string of the molecule is COC(=O)c1c(CN2CCC(N3CCCCC3)CC2)c(-c2cccc(C(F)(F)F)c2)nc2cc(OC(C)C)c(N3CCCC3=O)cc12. The zero-order valence-electron chi connectivity index (χ0n) is 27.4. The molecule has 11 heteroatoms. The first-order valence-corrected chi connectivity index (χ1v) is 16.7. The van der Waals surface area contributed by atoms with E-state index in [0.717, 1.165) is 51.2 Å². The summed E-state index contributed by atoms with van der Waals surface area (Å²) in [6, 6.07) is 9.04. The number of alkyl halides is 3. The molecule has 6 rings (SSSR count). The number of carbonyl (C=O) groups excluding carboxylic acids is 2. The molecule has 0 N–H and O–H groups in total. The van der Waals surface area contributed by atoms with Crippen LogP contribution in [-0.4, -0.2) is 78.6 Å². The van der Waals surface area contributed by atoms with Crippen molar-refractivity contribution in [3.8, 4) is 17.0 Å². The zero-order chi connectivity index (χ0) is 33.3. The highest BCUT2D eigenvalue weighted by Gasteiger charge is 2.33. The second-order valence-corrected chi connectivity index (χ2v) is 13.1. The third kappa shape index (κ3) is 7.11. The number of rotatable bonds is 8. The molecule has 2 aromatic carbocycles. The predicted octanol–water partition coefficient (Wildman–Crippen LogP) is 7.07. The van der Waals surface area contributed by atoms with Gasteiger partial charge in [-0.3, -0.25) is 9.69 Å². The van der Waals surface area contributed by atoms with Crippen LogP contribution in [0.1, 0.15) is 80.3 Å². The van der Waals surface area contributed by atoms with Gasteiger partial charge in [0.15, 0.2) is 0 Å². The lowest BCUT2D eigenvalue weighted by atomic mass is 9.93. The lowest BCUT2D eigenvalue weighted by Gasteiger charge is -2.40. The molecule has 0 bridgehead atoms. The normalized spacial score (nSPS) is 18.8. The van der Waals surface area contributed by atoms with Gasteiger partial charge in [0.1, 0.15) is 5.75 Å². The smallest absolute Gasteiger partial charge is 0.416 e. The summed E-state index contributed by atoms with van der Waals surface area (Å²) in [5, 5.41) is 0.469. The van der Waals surface area contributed by atoms with Crippen molar-refractivity contribution in [2.75, 3.05) is 44.7 Å². The number of hydrogen-bond acceptors (Lipinski definition) is 7. The van der Waals surface area contributed by atoms with Crippen LogP contribution in [0.4, 0.5) is 18.9 Å². The van der Waals surface area contributed by atoms with E-state index < -0.39 is 17.7 Å². The Morgan fingerprint density at radius 3 is 2.38 bits per heavy atom. The van der Waals surface area contributed by atoms with Crippen LogP contribution in [-0.2, 0) is 22.3 Å². The number of hydrogen-bond donors (Lipinski definition) is 0. The van der Waals surface area contributed by atoms with Gasteiger partial charge in [0.05, 0.1) is 41.2 Å². The van der Waals surface area contributed by atoms with Crippen LogP contribution < -0.4 is 9.64 Å². The van der Waals surface area contributed by atoms with E-state index in [1.165, 1.54) is 32.4 Å². The van der Waals surface area contributed by atoms with Crippen LogP contribution in [0.15, 0.2) is 36.4 Å². The van der Waals surface area contributed by atoms with Crippen LogP contribution in [0.5, 0.6) is 5.75 Å². The van der Waals surface area contributed by atoms with Crippen molar-refractivity contribution in [2.24, 2.45) is 0 Å². The van der Waals surface area contributed by atoms with E-state index in [1.807, 2.05) is 13.8 Å². The molecule has 3 aliphatic rings. The van der Waals surface area contributed by atoms with Crippen LogP contribution in [0.3, 0.4) is 0 Å². The van der Waals surface area contributed by atoms with E-state index in [2.05, 4.69) is 9.80 Å². The first-order chi connectivity index (χ1) is 22.5. The van der Waals surface area contributed by atoms with Crippen molar-refractivity contribution in [2.45, 2.75) is 83.7 Å². The Labute approximate surface area is 273 Å². The standard InChI is InChI=1S/C36H43F3N4O4/c1-23(2)47-31-21-29-27(20-30(31)43-16-8-11-32(43)44)33(35(45)46-3)28(34(40-29)24-9-7-10-25(19-24)36(37,38)39)22-41-17-12-26(13-18-41)42-14-5-4-6-15-42/h7,9-10,19-21,23,26H,4-6,8,11-18,22H2,1-3H3. The van der Waals surface area contributed by atoms with Gasteiger partial charge in [-0.1, -0.05) is 18.6 Å². The van der Waals surface area contributed by atoms with E-state index in [4.69, 9.17) is 14.5 Å². The molecule has 0 saturated carbocycles. The molecule has 0 atom stereocenters. The van der Waals surface area contributed by atoms with Gasteiger partial charge in [-0.25, -0.2) is 9.78 Å². The van der Waals surface area contributed by atoms with Gasteiger partial charge in [-0.05, 0) is 90.3 Å². The maximum atomic E-state index is 13.9. The molecule has 0 unspecified atom stereocenters. The minimum Gasteiger partial charge on any atom is -0.489 e. The Morgan fingerprint density at radius 2 is 1.74 bits per heavy atom. The average Bonchev–Trinajstić information content (AvgIpc) is 3.49. The summed E-state index contributed by atoms with van der Waals surface area (Å²) in [7, 11) is 1.30. The molecule has 3 aliphatic heterocycles. The average molecular weight is 653 g/mol. The minimum atomic E-state index is -4.55. The second-order valence-electron chi connectivity index (χ2n) is 13.1. The first-order valence-electron chi connectivity index (χ1n) is 16.7. The van der Waals surface area contributed by atoms with Crippen LogP contribution in [0.2, 0.25) is 0 Å². The quantitative estimate of drug-likeness (QED) is 0.241. The van der Waals surface area contributed by atoms with Gasteiger partial charge >= 0.3 is 12.1 Å². The van der Waals surface area contributed by atoms with Crippen molar-refractivity contribution in [3.05, 3.63) is 53.1 Å². The monoisotopic (exact) mass is 652 g/mol. The number of ether oxygens (including phenoxy) is 2. The summed E-state index contributed by atoms with van der Waals surface area (Å²) >= 11 is 0. The number of likely N-dealkylation sites (tertiary alicyclic amines) is 2. The van der Waals surface area contributed by atoms with Crippen molar-refractivity contribution >= 4 is 28.5 Å². The summed E-state index contributed by atoms with van der Waals surface area (Å²) < 4.78 is 53.2. The van der Waals surface area contributed by atoms with Crippen molar-refractivity contribution in [1.82, 2.24) is 14.8 Å². The Morgan fingerprint density at radius 1 is 1.00 bits per heavy atom. The molecule has 1 aromatic heterocycles. The Balaban J connectivity index is 1.50. The summed E-state index contributed by atoms with van der Waals surface area (Å²) in [5.74, 6) is -0.225. The van der Waals surface area contributed by atoms with Gasteiger partial charge in [-0.2, -0.15) is 13.2 Å². The molecule has 1 amide bonds. The zero-order valence-corrected chi connectivity index (χ0v) is 27.4. The van der Waals surface area contributed by atoms with E-state index in [1.54, 1.807) is 23.1 Å². The predicted molar refractivity (Wildman–Crippen MR) is 175 cm³/mol. The summed E-state index contributed by atoms with van der Waals surface area (Å²) in [5.41, 5.74) is 1.43. The summed E-state index contributed by atoms with van der Waals surface area (Å²) in [6.07, 6.45) is 2.01. The van der Waals surface area contributed by atoms with Crippen LogP contribution in [0, 0.1) is 0 Å². The highest BCUT2D eigenvalue weighted by Crippen LogP contribution is 2.41. The van der Waals surface area contributed by atoms with Gasteiger partial charge < -0.3 is 19.3 Å². The number of anilines is 1. The molecular formula is C36H43F3N4O4. The van der Waals surface area contributed by atoms with Gasteiger partial charge in [-0.15, -0.1) is 0 Å². The third-order valence-corrected chi connectivity index (χ3v) is 9.59. The van der Waals surface area contributed by atoms with Crippen molar-refractivity contribution in [3.63, 3.8) is 0 Å². The molecule has 252 valence electrons. The summed E-state index contributed by atoms with van der Waals surface area (Å²) in [4.78, 5) is 38.1. The number of methoxy groups -OCH3 is 1. The molecule has 0 spiro atoms. The lowest BCUT2D eigenvalue weighted by Crippen LogP contribution is -2.46. The lowest BCUT2D eigenvalue weighted by molar-refractivity contribution is -0.137. The fourth-order valence-corrected chi connectivity index (χ4v) is 7.30. The molecule has 3 fully saturated rings. The molecular weight excluding hydrogens is 609 g/mol. The molecule has 4 heterocycles. The van der Waals surface area contributed by atoms with Crippen molar-refractivity contribution in [1.29, 1.82) is 0 Å². The van der Waals surface area contributed by atoms with E-state index in [9.17, 15) is 22.8 Å². The van der Waals surface area contributed by atoms with Crippen molar-refractivity contribution < 1.29 is 32.2 Å². The number of fused-ring (bicyclic) bond motifs is 1. The first kappa shape index (κ1) is 33.2. The van der Waals surface area contributed by atoms with Crippen LogP contribution >= 0.6 is 0 Å². The van der Waals surface area contributed by atoms with Gasteiger partial charge in [0.2, 0.25) is 5.91 Å². The number of esters is 1. The number of piperidine rings is 2. The fourth-order valence-electron chi connectivity index (χ4n) is 7.30. The molecule has 0 aliphatic carbocycles. The second kappa shape index (κ2) is 13.8. The summed E-state index contributed by atoms with van der Waals surface area (Å²) in [6.45, 7) is 8.39. The van der Waals surface area contributed by atoms with E-state index in [0.29, 0.717) is 65.6 Å². The number of benzene rings is 2. The fraction of sp³-hybridized carbons (Fsp3) is 0.528. The maximum Gasteiger partial charge on any atom is 0.416 e. The highest BCUT2D eigenvalue weighted by molar-refractivity contribution is 6.09. The topological polar surface area (TPSA) is 75.2 Å². The number of halogens is 3. The molecule has 8 nitrogen and oxygen atoms in total.